The molecule has 1 N–H and O–H groups in total. The van der Waals surface area contributed by atoms with E-state index in [1.807, 2.05) is 0 Å². The van der Waals surface area contributed by atoms with E-state index in [1.54, 1.807) is 26.8 Å². The van der Waals surface area contributed by atoms with Gasteiger partial charge in [-0.25, -0.2) is 0 Å². The average molecular weight is 305 g/mol. The molecule has 0 fully saturated rings. The van der Waals surface area contributed by atoms with Gasteiger partial charge in [0.25, 0.3) is 0 Å². The molecule has 0 atom stereocenters. The van der Waals surface area contributed by atoms with E-state index >= 15 is 0 Å². The van der Waals surface area contributed by atoms with Gasteiger partial charge in [0, 0.05) is 6.54 Å². The predicted molar refractivity (Wildman–Crippen MR) is 72.1 cm³/mol. The molecule has 21 heavy (non-hydrogen) atoms. The highest BCUT2D eigenvalue weighted by Gasteiger charge is 2.32. The van der Waals surface area contributed by atoms with E-state index < -0.39 is 17.9 Å². The van der Waals surface area contributed by atoms with Crippen molar-refractivity contribution in [1.82, 2.24) is 0 Å². The van der Waals surface area contributed by atoms with Crippen molar-refractivity contribution in [3.63, 3.8) is 0 Å². The molecule has 0 bridgehead atoms. The summed E-state index contributed by atoms with van der Waals surface area (Å²) in [6.45, 7) is 5.37. The number of rotatable bonds is 5. The first kappa shape index (κ1) is 17.1. The number of hydrogen-bond acceptors (Lipinski definition) is 4. The van der Waals surface area contributed by atoms with Gasteiger partial charge in [0.05, 0.1) is 12.1 Å². The van der Waals surface area contributed by atoms with Crippen LogP contribution >= 0.6 is 0 Å². The second kappa shape index (κ2) is 6.69. The topological polar surface area (TPSA) is 47.6 Å². The first-order chi connectivity index (χ1) is 9.57. The van der Waals surface area contributed by atoms with Crippen molar-refractivity contribution in [2.75, 3.05) is 11.9 Å². The van der Waals surface area contributed by atoms with Crippen LogP contribution in [-0.4, -0.2) is 24.5 Å². The second-order valence-electron chi connectivity index (χ2n) is 5.31. The third-order valence-corrected chi connectivity index (χ3v) is 2.18. The van der Waals surface area contributed by atoms with Gasteiger partial charge in [0.2, 0.25) is 0 Å². The molecule has 1 aromatic carbocycles. The van der Waals surface area contributed by atoms with E-state index in [4.69, 9.17) is 4.74 Å². The van der Waals surface area contributed by atoms with E-state index in [2.05, 4.69) is 10.1 Å². The maximum absolute atomic E-state index is 12.2. The Morgan fingerprint density at radius 1 is 1.19 bits per heavy atom. The van der Waals surface area contributed by atoms with Crippen molar-refractivity contribution in [3.05, 3.63) is 24.3 Å². The van der Waals surface area contributed by atoms with E-state index in [9.17, 15) is 18.0 Å². The van der Waals surface area contributed by atoms with Crippen LogP contribution < -0.4 is 10.1 Å². The maximum Gasteiger partial charge on any atom is 0.573 e. The molecule has 0 spiro atoms. The fourth-order valence-electron chi connectivity index (χ4n) is 1.52. The molecule has 0 amide bonds. The number of nitrogens with one attached hydrogen (secondary N) is 1. The first-order valence-electron chi connectivity index (χ1n) is 6.37. The lowest BCUT2D eigenvalue weighted by atomic mass is 10.2. The number of esters is 1. The van der Waals surface area contributed by atoms with Gasteiger partial charge < -0.3 is 14.8 Å². The van der Waals surface area contributed by atoms with Crippen LogP contribution in [0.25, 0.3) is 0 Å². The molecule has 0 unspecified atom stereocenters. The molecular weight excluding hydrogens is 287 g/mol. The highest BCUT2D eigenvalue weighted by molar-refractivity contribution is 5.70. The lowest BCUT2D eigenvalue weighted by molar-refractivity contribution is -0.274. The number of halogens is 3. The third kappa shape index (κ3) is 7.43. The van der Waals surface area contributed by atoms with Crippen molar-refractivity contribution in [3.8, 4) is 5.75 Å². The Morgan fingerprint density at radius 2 is 1.81 bits per heavy atom. The Labute approximate surface area is 121 Å². The van der Waals surface area contributed by atoms with E-state index in [1.165, 1.54) is 18.2 Å². The Morgan fingerprint density at radius 3 is 2.38 bits per heavy atom. The molecule has 0 saturated carbocycles. The van der Waals surface area contributed by atoms with Gasteiger partial charge in [-0.1, -0.05) is 12.1 Å². The fourth-order valence-corrected chi connectivity index (χ4v) is 1.52. The number of hydrogen-bond donors (Lipinski definition) is 1. The molecule has 1 aromatic rings. The van der Waals surface area contributed by atoms with Gasteiger partial charge >= 0.3 is 12.3 Å². The minimum atomic E-state index is -4.76. The molecule has 4 nitrogen and oxygen atoms in total. The van der Waals surface area contributed by atoms with Crippen LogP contribution in [0.3, 0.4) is 0 Å². The summed E-state index contributed by atoms with van der Waals surface area (Å²) in [6, 6.07) is 5.64. The number of para-hydroxylation sites is 2. The fraction of sp³-hybridized carbons (Fsp3) is 0.500. The Kier molecular flexibility index (Phi) is 5.46. The molecule has 1 rings (SSSR count). The van der Waals surface area contributed by atoms with E-state index in [0.717, 1.165) is 0 Å². The molecule has 0 aliphatic heterocycles. The molecule has 0 heterocycles. The van der Waals surface area contributed by atoms with Crippen molar-refractivity contribution >= 4 is 11.7 Å². The van der Waals surface area contributed by atoms with Gasteiger partial charge in [-0.3, -0.25) is 4.79 Å². The smallest absolute Gasteiger partial charge is 0.460 e. The normalized spacial score (nSPS) is 11.9. The summed E-state index contributed by atoms with van der Waals surface area (Å²) < 4.78 is 45.7. The summed E-state index contributed by atoms with van der Waals surface area (Å²) in [5.74, 6) is -0.765. The lowest BCUT2D eigenvalue weighted by Gasteiger charge is -2.19. The van der Waals surface area contributed by atoms with Crippen LogP contribution in [0.15, 0.2) is 24.3 Å². The maximum atomic E-state index is 12.2. The largest absolute Gasteiger partial charge is 0.573 e. The van der Waals surface area contributed by atoms with Crippen LogP contribution in [0.4, 0.5) is 18.9 Å². The van der Waals surface area contributed by atoms with Gasteiger partial charge in [-0.15, -0.1) is 13.2 Å². The number of benzene rings is 1. The Balaban J connectivity index is 2.54. The van der Waals surface area contributed by atoms with E-state index in [-0.39, 0.29) is 24.4 Å². The predicted octanol–water partition coefficient (Wildman–Crippen LogP) is 3.73. The Hall–Kier alpha value is -1.92. The minimum Gasteiger partial charge on any atom is -0.460 e. The molecule has 0 aliphatic carbocycles. The minimum absolute atomic E-state index is 0.0393. The van der Waals surface area contributed by atoms with Crippen molar-refractivity contribution in [1.29, 1.82) is 0 Å². The average Bonchev–Trinajstić information content (AvgIpc) is 2.27. The van der Waals surface area contributed by atoms with Crippen LogP contribution in [0.2, 0.25) is 0 Å². The first-order valence-corrected chi connectivity index (χ1v) is 6.37. The quantitative estimate of drug-likeness (QED) is 0.842. The summed E-state index contributed by atoms with van der Waals surface area (Å²) in [4.78, 5) is 11.5. The Bertz CT molecular complexity index is 481. The van der Waals surface area contributed by atoms with Crippen LogP contribution in [0, 0.1) is 0 Å². The van der Waals surface area contributed by atoms with Crippen LogP contribution in [0.1, 0.15) is 27.2 Å². The number of alkyl halides is 3. The summed E-state index contributed by atoms with van der Waals surface area (Å²) in [5, 5.41) is 2.73. The standard InChI is InChI=1S/C14H18F3NO3/c1-13(2,3)21-12(19)8-9-18-10-6-4-5-7-11(10)20-14(15,16)17/h4-7,18H,8-9H2,1-3H3. The lowest BCUT2D eigenvalue weighted by Crippen LogP contribution is -2.25. The molecule has 0 radical (unpaired) electrons. The van der Waals surface area contributed by atoms with Gasteiger partial charge in [-0.05, 0) is 32.9 Å². The molecular formula is C14H18F3NO3. The van der Waals surface area contributed by atoms with Gasteiger partial charge in [0.1, 0.15) is 5.60 Å². The van der Waals surface area contributed by atoms with Crippen molar-refractivity contribution < 1.29 is 27.4 Å². The third-order valence-electron chi connectivity index (χ3n) is 2.18. The molecule has 0 aromatic heterocycles. The molecule has 0 saturated heterocycles. The van der Waals surface area contributed by atoms with E-state index in [0.29, 0.717) is 0 Å². The number of ether oxygens (including phenoxy) is 2. The van der Waals surface area contributed by atoms with Gasteiger partial charge in [-0.2, -0.15) is 0 Å². The second-order valence-corrected chi connectivity index (χ2v) is 5.31. The van der Waals surface area contributed by atoms with Crippen molar-refractivity contribution in [2.24, 2.45) is 0 Å². The zero-order valence-electron chi connectivity index (χ0n) is 12.1. The summed E-state index contributed by atoms with van der Waals surface area (Å²) in [7, 11) is 0. The summed E-state index contributed by atoms with van der Waals surface area (Å²) >= 11 is 0. The van der Waals surface area contributed by atoms with Crippen molar-refractivity contribution in [2.45, 2.75) is 39.2 Å². The zero-order chi connectivity index (χ0) is 16.1. The zero-order valence-corrected chi connectivity index (χ0v) is 12.1. The van der Waals surface area contributed by atoms with Gasteiger partial charge in [0.15, 0.2) is 5.75 Å². The molecule has 0 aliphatic rings. The number of anilines is 1. The van der Waals surface area contributed by atoms with Crippen LogP contribution in [0.5, 0.6) is 5.75 Å². The molecule has 118 valence electrons. The number of carbonyl (C=O) groups excluding carboxylic acids is 1. The monoisotopic (exact) mass is 305 g/mol. The highest BCUT2D eigenvalue weighted by atomic mass is 19.4. The van der Waals surface area contributed by atoms with Crippen LogP contribution in [-0.2, 0) is 9.53 Å². The molecule has 7 heteroatoms. The summed E-state index contributed by atoms with van der Waals surface area (Å²) in [5.41, 5.74) is -0.424. The highest BCUT2D eigenvalue weighted by Crippen LogP contribution is 2.29. The number of carbonyl (C=O) groups is 1. The summed E-state index contributed by atoms with van der Waals surface area (Å²) in [6.07, 6.45) is -4.72. The SMILES string of the molecule is CC(C)(C)OC(=O)CCNc1ccccc1OC(F)(F)F.